The molecule has 0 radical (unpaired) electrons. The molecule has 0 aliphatic carbocycles. The van der Waals surface area contributed by atoms with Crippen LogP contribution in [0.2, 0.25) is 0 Å². The third-order valence-corrected chi connectivity index (χ3v) is 3.16. The van der Waals surface area contributed by atoms with Gasteiger partial charge < -0.3 is 14.7 Å². The molecule has 0 heterocycles. The molecule has 0 unspecified atom stereocenters. The summed E-state index contributed by atoms with van der Waals surface area (Å²) in [5.74, 6) is 0.258. The molecule has 2 rings (SSSR count). The molecule has 5 nitrogen and oxygen atoms in total. The van der Waals surface area contributed by atoms with E-state index in [-0.39, 0.29) is 5.71 Å². The Labute approximate surface area is 128 Å². The Balaban J connectivity index is 2.32. The van der Waals surface area contributed by atoms with Gasteiger partial charge in [-0.2, -0.15) is 0 Å². The third-order valence-electron chi connectivity index (χ3n) is 3.16. The molecule has 22 heavy (non-hydrogen) atoms. The van der Waals surface area contributed by atoms with Gasteiger partial charge in [0.15, 0.2) is 5.71 Å². The second-order valence-corrected chi connectivity index (χ2v) is 4.77. The zero-order chi connectivity index (χ0) is 16.1. The minimum Gasteiger partial charge on any atom is -0.476 e. The molecule has 0 fully saturated rings. The number of aryl methyl sites for hydroxylation is 2. The van der Waals surface area contributed by atoms with E-state index < -0.39 is 5.97 Å². The molecule has 0 bridgehead atoms. The monoisotopic (exact) mass is 299 g/mol. The Morgan fingerprint density at radius 1 is 1.09 bits per heavy atom. The number of nitrogens with zero attached hydrogens (tertiary/aromatic N) is 1. The van der Waals surface area contributed by atoms with Crippen LogP contribution in [0.15, 0.2) is 47.6 Å². The summed E-state index contributed by atoms with van der Waals surface area (Å²) in [6.07, 6.45) is 0. The third kappa shape index (κ3) is 3.44. The van der Waals surface area contributed by atoms with Gasteiger partial charge in [0.2, 0.25) is 0 Å². The van der Waals surface area contributed by atoms with Gasteiger partial charge in [-0.25, -0.2) is 4.79 Å². The molecule has 1 N–H and O–H groups in total. The van der Waals surface area contributed by atoms with Gasteiger partial charge in [-0.3, -0.25) is 0 Å². The molecule has 0 aliphatic heterocycles. The number of oxime groups is 1. The van der Waals surface area contributed by atoms with Crippen molar-refractivity contribution in [3.05, 3.63) is 59.2 Å². The fourth-order valence-electron chi connectivity index (χ4n) is 2.06. The topological polar surface area (TPSA) is 68.1 Å². The number of para-hydroxylation sites is 1. The quantitative estimate of drug-likeness (QED) is 0.677. The van der Waals surface area contributed by atoms with Crippen LogP contribution in [0.4, 0.5) is 0 Å². The fraction of sp³-hybridized carbons (Fsp3) is 0.176. The fourth-order valence-corrected chi connectivity index (χ4v) is 2.06. The SMILES string of the molecule is CON=C(C(=O)O)c1ccc(Oc2ccccc2C)cc1C. The number of benzene rings is 2. The van der Waals surface area contributed by atoms with Gasteiger partial charge in [-0.15, -0.1) is 0 Å². The number of carboxylic acid groups (broad SMARTS) is 1. The maximum atomic E-state index is 11.2. The van der Waals surface area contributed by atoms with E-state index in [1.165, 1.54) is 7.11 Å². The molecule has 0 atom stereocenters. The maximum Gasteiger partial charge on any atom is 0.358 e. The van der Waals surface area contributed by atoms with E-state index in [4.69, 9.17) is 4.74 Å². The van der Waals surface area contributed by atoms with Crippen molar-refractivity contribution in [1.82, 2.24) is 0 Å². The Morgan fingerprint density at radius 2 is 1.82 bits per heavy atom. The van der Waals surface area contributed by atoms with Crippen molar-refractivity contribution in [1.29, 1.82) is 0 Å². The van der Waals surface area contributed by atoms with Crippen molar-refractivity contribution in [2.45, 2.75) is 13.8 Å². The number of carbonyl (C=O) groups is 1. The van der Waals surface area contributed by atoms with E-state index >= 15 is 0 Å². The molecular weight excluding hydrogens is 282 g/mol. The van der Waals surface area contributed by atoms with Crippen molar-refractivity contribution >= 4 is 11.7 Å². The van der Waals surface area contributed by atoms with Gasteiger partial charge in [0.1, 0.15) is 18.6 Å². The number of rotatable bonds is 5. The molecule has 0 saturated heterocycles. The van der Waals surface area contributed by atoms with E-state index in [1.807, 2.05) is 31.2 Å². The van der Waals surface area contributed by atoms with Gasteiger partial charge >= 0.3 is 5.97 Å². The summed E-state index contributed by atoms with van der Waals surface area (Å²) in [5.41, 5.74) is 2.12. The summed E-state index contributed by atoms with van der Waals surface area (Å²) in [6, 6.07) is 12.8. The van der Waals surface area contributed by atoms with E-state index in [1.54, 1.807) is 25.1 Å². The van der Waals surface area contributed by atoms with Crippen LogP contribution in [-0.4, -0.2) is 23.9 Å². The number of ether oxygens (including phenoxy) is 1. The largest absolute Gasteiger partial charge is 0.476 e. The number of aliphatic carboxylic acids is 1. The molecule has 5 heteroatoms. The average molecular weight is 299 g/mol. The molecular formula is C17H17NO4. The normalized spacial score (nSPS) is 11.1. The lowest BCUT2D eigenvalue weighted by Crippen LogP contribution is -2.16. The Morgan fingerprint density at radius 3 is 2.41 bits per heavy atom. The van der Waals surface area contributed by atoms with Crippen LogP contribution in [0.1, 0.15) is 16.7 Å². The first-order chi connectivity index (χ1) is 10.5. The molecule has 0 spiro atoms. The first-order valence-corrected chi connectivity index (χ1v) is 6.72. The Hall–Kier alpha value is -2.82. The van der Waals surface area contributed by atoms with Crippen molar-refractivity contribution in [3.8, 4) is 11.5 Å². The van der Waals surface area contributed by atoms with Gasteiger partial charge in [0, 0.05) is 5.56 Å². The van der Waals surface area contributed by atoms with E-state index in [2.05, 4.69) is 9.99 Å². The number of carboxylic acids is 1. The van der Waals surface area contributed by atoms with Crippen molar-refractivity contribution in [2.24, 2.45) is 5.16 Å². The van der Waals surface area contributed by atoms with Gasteiger partial charge in [0.05, 0.1) is 0 Å². The first-order valence-electron chi connectivity index (χ1n) is 6.72. The lowest BCUT2D eigenvalue weighted by molar-refractivity contribution is -0.129. The minimum atomic E-state index is -1.14. The smallest absolute Gasteiger partial charge is 0.358 e. The molecule has 0 aliphatic rings. The number of hydrogen-bond acceptors (Lipinski definition) is 4. The van der Waals surface area contributed by atoms with Crippen LogP contribution in [0.25, 0.3) is 0 Å². The van der Waals surface area contributed by atoms with E-state index in [9.17, 15) is 9.90 Å². The molecule has 0 saturated carbocycles. The van der Waals surface area contributed by atoms with Gasteiger partial charge in [0.25, 0.3) is 0 Å². The summed E-state index contributed by atoms with van der Waals surface area (Å²) in [5, 5.41) is 12.7. The van der Waals surface area contributed by atoms with Crippen LogP contribution >= 0.6 is 0 Å². The summed E-state index contributed by atoms with van der Waals surface area (Å²) in [7, 11) is 1.31. The summed E-state index contributed by atoms with van der Waals surface area (Å²) >= 11 is 0. The molecule has 0 amide bonds. The highest BCUT2D eigenvalue weighted by Crippen LogP contribution is 2.26. The molecule has 2 aromatic carbocycles. The lowest BCUT2D eigenvalue weighted by Gasteiger charge is -2.11. The average Bonchev–Trinajstić information content (AvgIpc) is 2.48. The highest BCUT2D eigenvalue weighted by atomic mass is 16.6. The van der Waals surface area contributed by atoms with E-state index in [0.717, 1.165) is 16.9 Å². The van der Waals surface area contributed by atoms with Crippen LogP contribution in [0.5, 0.6) is 11.5 Å². The summed E-state index contributed by atoms with van der Waals surface area (Å²) in [6.45, 7) is 3.76. The highest BCUT2D eigenvalue weighted by molar-refractivity contribution is 6.42. The Bertz CT molecular complexity index is 722. The predicted octanol–water partition coefficient (Wildman–Crippen LogP) is 3.53. The standard InChI is InChI=1S/C17H17NO4/c1-11-6-4-5-7-15(11)22-13-8-9-14(12(2)10-13)16(17(19)20)18-21-3/h4-10H,1-3H3,(H,19,20). The van der Waals surface area contributed by atoms with Crippen molar-refractivity contribution in [3.63, 3.8) is 0 Å². The molecule has 2 aromatic rings. The lowest BCUT2D eigenvalue weighted by atomic mass is 10.0. The zero-order valence-electron chi connectivity index (χ0n) is 12.7. The summed E-state index contributed by atoms with van der Waals surface area (Å²) < 4.78 is 5.83. The zero-order valence-corrected chi connectivity index (χ0v) is 12.7. The van der Waals surface area contributed by atoms with Crippen LogP contribution < -0.4 is 4.74 Å². The Kier molecular flexibility index (Phi) is 4.78. The molecule has 0 aromatic heterocycles. The first kappa shape index (κ1) is 15.6. The van der Waals surface area contributed by atoms with Crippen LogP contribution in [-0.2, 0) is 9.63 Å². The van der Waals surface area contributed by atoms with Gasteiger partial charge in [-0.05, 0) is 49.2 Å². The predicted molar refractivity (Wildman–Crippen MR) is 83.6 cm³/mol. The second-order valence-electron chi connectivity index (χ2n) is 4.77. The van der Waals surface area contributed by atoms with Crippen LogP contribution in [0.3, 0.4) is 0 Å². The highest BCUT2D eigenvalue weighted by Gasteiger charge is 2.16. The van der Waals surface area contributed by atoms with Gasteiger partial charge in [-0.1, -0.05) is 23.4 Å². The van der Waals surface area contributed by atoms with Crippen LogP contribution in [0, 0.1) is 13.8 Å². The maximum absolute atomic E-state index is 11.2. The number of hydrogen-bond donors (Lipinski definition) is 1. The van der Waals surface area contributed by atoms with E-state index in [0.29, 0.717) is 11.3 Å². The van der Waals surface area contributed by atoms with Crippen molar-refractivity contribution in [2.75, 3.05) is 7.11 Å². The minimum absolute atomic E-state index is 0.137. The second kappa shape index (κ2) is 6.76. The molecule has 114 valence electrons. The van der Waals surface area contributed by atoms with Crippen molar-refractivity contribution < 1.29 is 19.5 Å². The summed E-state index contributed by atoms with van der Waals surface area (Å²) in [4.78, 5) is 15.8.